The molecule has 1 atom stereocenters. The fourth-order valence-corrected chi connectivity index (χ4v) is 2.31. The summed E-state index contributed by atoms with van der Waals surface area (Å²) in [6.07, 6.45) is 6.33. The minimum atomic E-state index is -0.137. The Labute approximate surface area is 119 Å². The van der Waals surface area contributed by atoms with Gasteiger partial charge in [-0.15, -0.1) is 0 Å². The summed E-state index contributed by atoms with van der Waals surface area (Å²) in [5.41, 5.74) is 8.46. The lowest BCUT2D eigenvalue weighted by molar-refractivity contribution is 0.116. The summed E-state index contributed by atoms with van der Waals surface area (Å²) in [6.45, 7) is 2.43. The van der Waals surface area contributed by atoms with Crippen molar-refractivity contribution in [1.29, 1.82) is 0 Å². The maximum absolute atomic E-state index is 6.32. The molecule has 1 saturated carbocycles. The molecule has 1 aliphatic rings. The monoisotopic (exact) mass is 271 g/mol. The van der Waals surface area contributed by atoms with Crippen molar-refractivity contribution in [3.8, 4) is 0 Å². The number of nitrogens with two attached hydrogens (primary N) is 1. The molecule has 2 aromatic rings. The van der Waals surface area contributed by atoms with Crippen molar-refractivity contribution >= 4 is 0 Å². The molecule has 1 unspecified atom stereocenters. The van der Waals surface area contributed by atoms with Gasteiger partial charge in [0.05, 0.1) is 30.9 Å². The van der Waals surface area contributed by atoms with Gasteiger partial charge in [-0.2, -0.15) is 0 Å². The number of nitrogens with zero attached hydrogens (tertiary/aromatic N) is 2. The molecular formula is C16H21N3O. The lowest BCUT2D eigenvalue weighted by Gasteiger charge is -2.15. The molecule has 0 bridgehead atoms. The van der Waals surface area contributed by atoms with Gasteiger partial charge < -0.3 is 15.0 Å². The summed E-state index contributed by atoms with van der Waals surface area (Å²) in [5.74, 6) is 0.809. The molecule has 0 saturated heterocycles. The van der Waals surface area contributed by atoms with Gasteiger partial charge in [0.15, 0.2) is 0 Å². The Morgan fingerprint density at radius 3 is 2.85 bits per heavy atom. The zero-order valence-electron chi connectivity index (χ0n) is 11.6. The van der Waals surface area contributed by atoms with E-state index >= 15 is 0 Å². The topological polar surface area (TPSA) is 53.1 Å². The average Bonchev–Trinajstić information content (AvgIpc) is 3.20. The van der Waals surface area contributed by atoms with E-state index in [0.717, 1.165) is 36.9 Å². The van der Waals surface area contributed by atoms with E-state index in [1.54, 1.807) is 0 Å². The number of rotatable bonds is 7. The minimum absolute atomic E-state index is 0.137. The highest BCUT2D eigenvalue weighted by Gasteiger charge is 2.21. The molecule has 1 aliphatic carbocycles. The summed E-state index contributed by atoms with van der Waals surface area (Å²) in [6, 6.07) is 9.97. The highest BCUT2D eigenvalue weighted by molar-refractivity contribution is 5.26. The van der Waals surface area contributed by atoms with Gasteiger partial charge in [-0.25, -0.2) is 4.98 Å². The van der Waals surface area contributed by atoms with Gasteiger partial charge in [-0.1, -0.05) is 30.3 Å². The Kier molecular flexibility index (Phi) is 4.14. The first-order valence-electron chi connectivity index (χ1n) is 7.23. The molecule has 2 N–H and O–H groups in total. The number of benzene rings is 1. The first-order chi connectivity index (χ1) is 9.84. The predicted molar refractivity (Wildman–Crippen MR) is 78.2 cm³/mol. The third-order valence-corrected chi connectivity index (χ3v) is 3.75. The van der Waals surface area contributed by atoms with Crippen LogP contribution in [0.1, 0.15) is 30.1 Å². The summed E-state index contributed by atoms with van der Waals surface area (Å²) >= 11 is 0. The first-order valence-corrected chi connectivity index (χ1v) is 7.23. The lowest BCUT2D eigenvalue weighted by Crippen LogP contribution is -2.18. The van der Waals surface area contributed by atoms with Gasteiger partial charge in [-0.3, -0.25) is 0 Å². The Morgan fingerprint density at radius 1 is 1.30 bits per heavy atom. The van der Waals surface area contributed by atoms with Crippen LogP contribution >= 0.6 is 0 Å². The second kappa shape index (κ2) is 6.20. The van der Waals surface area contributed by atoms with Crippen molar-refractivity contribution in [3.05, 3.63) is 54.1 Å². The molecule has 0 spiro atoms. The van der Waals surface area contributed by atoms with Crippen LogP contribution in [0, 0.1) is 5.92 Å². The van der Waals surface area contributed by atoms with Crippen LogP contribution in [-0.2, 0) is 11.3 Å². The molecule has 20 heavy (non-hydrogen) atoms. The fraction of sp³-hybridized carbons (Fsp3) is 0.438. The second-order valence-electron chi connectivity index (χ2n) is 5.42. The zero-order chi connectivity index (χ0) is 13.8. The Balaban J connectivity index is 1.60. The number of ether oxygens (including phenoxy) is 1. The van der Waals surface area contributed by atoms with Crippen LogP contribution in [0.5, 0.6) is 0 Å². The molecule has 4 nitrogen and oxygen atoms in total. The third kappa shape index (κ3) is 3.26. The van der Waals surface area contributed by atoms with Crippen molar-refractivity contribution in [1.82, 2.24) is 9.55 Å². The van der Waals surface area contributed by atoms with Gasteiger partial charge in [0.1, 0.15) is 0 Å². The van der Waals surface area contributed by atoms with E-state index in [1.807, 2.05) is 42.9 Å². The molecule has 1 fully saturated rings. The highest BCUT2D eigenvalue weighted by atomic mass is 16.5. The molecule has 0 aliphatic heterocycles. The van der Waals surface area contributed by atoms with Crippen molar-refractivity contribution in [2.24, 2.45) is 11.7 Å². The smallest absolute Gasteiger partial charge is 0.0949 e. The quantitative estimate of drug-likeness (QED) is 0.786. The molecule has 3 rings (SSSR count). The molecule has 106 valence electrons. The Morgan fingerprint density at radius 2 is 2.10 bits per heavy atom. The molecular weight excluding hydrogens is 250 g/mol. The van der Waals surface area contributed by atoms with Crippen LogP contribution in [0.3, 0.4) is 0 Å². The SMILES string of the molecule is NC(c1ccccc1)c1cncn1CCOCC1CC1. The summed E-state index contributed by atoms with van der Waals surface area (Å²) in [5, 5.41) is 0. The van der Waals surface area contributed by atoms with Gasteiger partial charge in [0, 0.05) is 13.2 Å². The van der Waals surface area contributed by atoms with Crippen LogP contribution in [0.4, 0.5) is 0 Å². The van der Waals surface area contributed by atoms with E-state index < -0.39 is 0 Å². The fourth-order valence-electron chi connectivity index (χ4n) is 2.31. The van der Waals surface area contributed by atoms with E-state index in [2.05, 4.69) is 9.55 Å². The van der Waals surface area contributed by atoms with E-state index in [9.17, 15) is 0 Å². The number of imidazole rings is 1. The minimum Gasteiger partial charge on any atom is -0.379 e. The predicted octanol–water partition coefficient (Wildman–Crippen LogP) is 2.36. The van der Waals surface area contributed by atoms with E-state index in [1.165, 1.54) is 12.8 Å². The van der Waals surface area contributed by atoms with E-state index in [4.69, 9.17) is 10.5 Å². The van der Waals surface area contributed by atoms with Crippen LogP contribution in [0.25, 0.3) is 0 Å². The number of hydrogen-bond donors (Lipinski definition) is 1. The van der Waals surface area contributed by atoms with Crippen LogP contribution in [-0.4, -0.2) is 22.8 Å². The van der Waals surface area contributed by atoms with Gasteiger partial charge in [-0.05, 0) is 24.3 Å². The molecule has 0 amide bonds. The molecule has 1 heterocycles. The first kappa shape index (κ1) is 13.3. The number of aromatic nitrogens is 2. The Bertz CT molecular complexity index is 534. The van der Waals surface area contributed by atoms with Gasteiger partial charge in [0.2, 0.25) is 0 Å². The maximum atomic E-state index is 6.32. The molecule has 1 aromatic carbocycles. The summed E-state index contributed by atoms with van der Waals surface area (Å²) in [7, 11) is 0. The third-order valence-electron chi connectivity index (χ3n) is 3.75. The lowest BCUT2D eigenvalue weighted by atomic mass is 10.1. The molecule has 4 heteroatoms. The second-order valence-corrected chi connectivity index (χ2v) is 5.42. The average molecular weight is 271 g/mol. The largest absolute Gasteiger partial charge is 0.379 e. The number of hydrogen-bond acceptors (Lipinski definition) is 3. The van der Waals surface area contributed by atoms with Gasteiger partial charge in [0.25, 0.3) is 0 Å². The zero-order valence-corrected chi connectivity index (χ0v) is 11.6. The van der Waals surface area contributed by atoms with E-state index in [0.29, 0.717) is 0 Å². The van der Waals surface area contributed by atoms with Crippen molar-refractivity contribution < 1.29 is 4.74 Å². The van der Waals surface area contributed by atoms with Crippen LogP contribution in [0.15, 0.2) is 42.9 Å². The highest BCUT2D eigenvalue weighted by Crippen LogP contribution is 2.28. The van der Waals surface area contributed by atoms with Crippen molar-refractivity contribution in [2.75, 3.05) is 13.2 Å². The maximum Gasteiger partial charge on any atom is 0.0949 e. The van der Waals surface area contributed by atoms with Crippen LogP contribution < -0.4 is 5.73 Å². The molecule has 0 radical (unpaired) electrons. The molecule has 1 aromatic heterocycles. The summed E-state index contributed by atoms with van der Waals surface area (Å²) < 4.78 is 7.77. The van der Waals surface area contributed by atoms with Crippen molar-refractivity contribution in [2.45, 2.75) is 25.4 Å². The summed E-state index contributed by atoms with van der Waals surface area (Å²) in [4.78, 5) is 4.22. The Hall–Kier alpha value is -1.65. The standard InChI is InChI=1S/C16H21N3O/c17-16(14-4-2-1-3-5-14)15-10-18-12-19(15)8-9-20-11-13-6-7-13/h1-5,10,12-13,16H,6-9,11,17H2. The normalized spacial score (nSPS) is 16.2. The van der Waals surface area contributed by atoms with Gasteiger partial charge >= 0.3 is 0 Å². The van der Waals surface area contributed by atoms with Crippen LogP contribution in [0.2, 0.25) is 0 Å². The van der Waals surface area contributed by atoms with Crippen molar-refractivity contribution in [3.63, 3.8) is 0 Å². The van der Waals surface area contributed by atoms with E-state index in [-0.39, 0.29) is 6.04 Å².